The zero-order valence-electron chi connectivity index (χ0n) is 12.6. The number of aromatic nitrogens is 2. The number of nitrogens with zero attached hydrogens (tertiary/aromatic N) is 2. The number of hydrogen-bond donors (Lipinski definition) is 1. The number of nitrogens with two attached hydrogens (primary N) is 1. The highest BCUT2D eigenvalue weighted by atomic mass is 32.2. The van der Waals surface area contributed by atoms with E-state index in [0.717, 1.165) is 5.75 Å². The van der Waals surface area contributed by atoms with Crippen LogP contribution in [-0.4, -0.2) is 35.7 Å². The van der Waals surface area contributed by atoms with Crippen molar-refractivity contribution in [3.05, 3.63) is 35.5 Å². The molecule has 0 fully saturated rings. The molecule has 0 atom stereocenters. The minimum absolute atomic E-state index is 0.143. The van der Waals surface area contributed by atoms with E-state index in [1.807, 2.05) is 6.92 Å². The molecule has 1 aromatic carbocycles. The van der Waals surface area contributed by atoms with Gasteiger partial charge < -0.3 is 15.2 Å². The SMILES string of the molecule is CCSc1ncc(C(=O)c2c(OC)cccc2OC)c(N)n1. The van der Waals surface area contributed by atoms with Crippen molar-refractivity contribution in [1.82, 2.24) is 9.97 Å². The fourth-order valence-corrected chi connectivity index (χ4v) is 2.51. The van der Waals surface area contributed by atoms with Crippen LogP contribution in [0.1, 0.15) is 22.8 Å². The third-order valence-electron chi connectivity index (χ3n) is 2.97. The molecule has 22 heavy (non-hydrogen) atoms. The first-order valence-corrected chi connectivity index (χ1v) is 7.61. The van der Waals surface area contributed by atoms with Gasteiger partial charge in [0, 0.05) is 6.20 Å². The Balaban J connectivity index is 2.48. The fraction of sp³-hybridized carbons (Fsp3) is 0.267. The Morgan fingerprint density at radius 2 is 1.91 bits per heavy atom. The number of rotatable bonds is 6. The van der Waals surface area contributed by atoms with Gasteiger partial charge >= 0.3 is 0 Å². The summed E-state index contributed by atoms with van der Waals surface area (Å²) in [5.41, 5.74) is 6.44. The van der Waals surface area contributed by atoms with Gasteiger partial charge in [0.05, 0.1) is 19.8 Å². The highest BCUT2D eigenvalue weighted by Gasteiger charge is 2.22. The molecular weight excluding hydrogens is 302 g/mol. The summed E-state index contributed by atoms with van der Waals surface area (Å²) in [6.07, 6.45) is 1.44. The predicted molar refractivity (Wildman–Crippen MR) is 85.8 cm³/mol. The van der Waals surface area contributed by atoms with Gasteiger partial charge in [-0.05, 0) is 17.9 Å². The second-order valence-electron chi connectivity index (χ2n) is 4.25. The number of thioether (sulfide) groups is 1. The Kier molecular flexibility index (Phi) is 5.21. The Labute approximate surface area is 133 Å². The smallest absolute Gasteiger partial charge is 0.205 e. The molecule has 6 nitrogen and oxygen atoms in total. The molecule has 0 aliphatic heterocycles. The number of hydrogen-bond acceptors (Lipinski definition) is 7. The number of ether oxygens (including phenoxy) is 2. The molecule has 0 saturated carbocycles. The summed E-state index contributed by atoms with van der Waals surface area (Å²) in [4.78, 5) is 21.1. The molecule has 0 bridgehead atoms. The van der Waals surface area contributed by atoms with Crippen LogP contribution in [0.5, 0.6) is 11.5 Å². The van der Waals surface area contributed by atoms with Gasteiger partial charge in [-0.1, -0.05) is 24.8 Å². The third kappa shape index (κ3) is 3.14. The minimum Gasteiger partial charge on any atom is -0.496 e. The summed E-state index contributed by atoms with van der Waals surface area (Å²) in [6, 6.07) is 5.12. The highest BCUT2D eigenvalue weighted by molar-refractivity contribution is 7.99. The van der Waals surface area contributed by atoms with E-state index in [1.54, 1.807) is 18.2 Å². The molecule has 2 N–H and O–H groups in total. The van der Waals surface area contributed by atoms with E-state index < -0.39 is 0 Å². The van der Waals surface area contributed by atoms with Crippen LogP contribution in [0.15, 0.2) is 29.6 Å². The van der Waals surface area contributed by atoms with Gasteiger partial charge in [-0.25, -0.2) is 9.97 Å². The summed E-state index contributed by atoms with van der Waals surface area (Å²) in [5.74, 6) is 1.46. The van der Waals surface area contributed by atoms with Crippen molar-refractivity contribution in [2.45, 2.75) is 12.1 Å². The highest BCUT2D eigenvalue weighted by Crippen LogP contribution is 2.31. The largest absolute Gasteiger partial charge is 0.496 e. The van der Waals surface area contributed by atoms with E-state index >= 15 is 0 Å². The Hall–Kier alpha value is -2.28. The normalized spacial score (nSPS) is 10.3. The lowest BCUT2D eigenvalue weighted by Crippen LogP contribution is -2.11. The first-order chi connectivity index (χ1) is 10.6. The molecule has 2 rings (SSSR count). The molecule has 7 heteroatoms. The minimum atomic E-state index is -0.333. The molecule has 0 amide bonds. The molecule has 0 aliphatic carbocycles. The van der Waals surface area contributed by atoms with Crippen LogP contribution in [-0.2, 0) is 0 Å². The zero-order valence-corrected chi connectivity index (χ0v) is 13.4. The number of carbonyl (C=O) groups is 1. The molecule has 1 heterocycles. The van der Waals surface area contributed by atoms with E-state index in [2.05, 4.69) is 9.97 Å². The number of carbonyl (C=O) groups excluding carboxylic acids is 1. The van der Waals surface area contributed by atoms with Gasteiger partial charge in [-0.2, -0.15) is 0 Å². The summed E-state index contributed by atoms with van der Waals surface area (Å²) < 4.78 is 10.5. The van der Waals surface area contributed by atoms with Crippen molar-refractivity contribution in [2.24, 2.45) is 0 Å². The quantitative estimate of drug-likeness (QED) is 0.497. The Bertz CT molecular complexity index is 669. The summed E-state index contributed by atoms with van der Waals surface area (Å²) >= 11 is 1.46. The molecule has 0 aliphatic rings. The van der Waals surface area contributed by atoms with Crippen molar-refractivity contribution in [1.29, 1.82) is 0 Å². The fourth-order valence-electron chi connectivity index (χ4n) is 1.96. The van der Waals surface area contributed by atoms with E-state index in [9.17, 15) is 4.79 Å². The van der Waals surface area contributed by atoms with E-state index in [0.29, 0.717) is 22.2 Å². The zero-order chi connectivity index (χ0) is 16.1. The molecule has 116 valence electrons. The van der Waals surface area contributed by atoms with Gasteiger partial charge in [0.2, 0.25) is 5.78 Å². The standard InChI is InChI=1S/C15H17N3O3S/c1-4-22-15-17-8-9(14(16)18-15)13(19)12-10(20-2)6-5-7-11(12)21-3/h5-8H,4H2,1-3H3,(H2,16,17,18). The van der Waals surface area contributed by atoms with Crippen LogP contribution < -0.4 is 15.2 Å². The van der Waals surface area contributed by atoms with E-state index in [1.165, 1.54) is 32.2 Å². The average Bonchev–Trinajstić information content (AvgIpc) is 2.53. The number of nitrogen functional groups attached to an aromatic ring is 1. The predicted octanol–water partition coefficient (Wildman–Crippen LogP) is 2.42. The number of ketones is 1. The molecule has 1 aromatic heterocycles. The van der Waals surface area contributed by atoms with Gasteiger partial charge in [0.1, 0.15) is 22.9 Å². The van der Waals surface area contributed by atoms with Crippen LogP contribution in [0.2, 0.25) is 0 Å². The van der Waals surface area contributed by atoms with Crippen molar-refractivity contribution in [3.63, 3.8) is 0 Å². The Morgan fingerprint density at radius 1 is 1.27 bits per heavy atom. The first-order valence-electron chi connectivity index (χ1n) is 6.63. The molecule has 0 saturated heterocycles. The maximum atomic E-state index is 12.8. The molecule has 2 aromatic rings. The van der Waals surface area contributed by atoms with Crippen molar-refractivity contribution >= 4 is 23.4 Å². The molecular formula is C15H17N3O3S. The van der Waals surface area contributed by atoms with Crippen LogP contribution in [0.3, 0.4) is 0 Å². The van der Waals surface area contributed by atoms with Gasteiger partial charge in [0.15, 0.2) is 5.16 Å². The maximum absolute atomic E-state index is 12.8. The molecule has 0 spiro atoms. The summed E-state index contributed by atoms with van der Waals surface area (Å²) in [5, 5.41) is 0.545. The van der Waals surface area contributed by atoms with Gasteiger partial charge in [0.25, 0.3) is 0 Å². The first kappa shape index (κ1) is 16.1. The van der Waals surface area contributed by atoms with Gasteiger partial charge in [-0.15, -0.1) is 0 Å². The van der Waals surface area contributed by atoms with Crippen LogP contribution >= 0.6 is 11.8 Å². The number of benzene rings is 1. The topological polar surface area (TPSA) is 87.3 Å². The van der Waals surface area contributed by atoms with Gasteiger partial charge in [-0.3, -0.25) is 4.79 Å². The summed E-state index contributed by atoms with van der Waals surface area (Å²) in [7, 11) is 2.98. The monoisotopic (exact) mass is 319 g/mol. The lowest BCUT2D eigenvalue weighted by Gasteiger charge is -2.12. The third-order valence-corrected chi connectivity index (χ3v) is 3.71. The van der Waals surface area contributed by atoms with Crippen molar-refractivity contribution in [2.75, 3.05) is 25.7 Å². The van der Waals surface area contributed by atoms with Crippen molar-refractivity contribution in [3.8, 4) is 11.5 Å². The number of anilines is 1. The van der Waals surface area contributed by atoms with Crippen LogP contribution in [0.4, 0.5) is 5.82 Å². The van der Waals surface area contributed by atoms with E-state index in [4.69, 9.17) is 15.2 Å². The van der Waals surface area contributed by atoms with Crippen molar-refractivity contribution < 1.29 is 14.3 Å². The lowest BCUT2D eigenvalue weighted by atomic mass is 10.0. The van der Waals surface area contributed by atoms with Crippen LogP contribution in [0.25, 0.3) is 0 Å². The van der Waals surface area contributed by atoms with E-state index in [-0.39, 0.29) is 17.2 Å². The average molecular weight is 319 g/mol. The maximum Gasteiger partial charge on any atom is 0.205 e. The summed E-state index contributed by atoms with van der Waals surface area (Å²) in [6.45, 7) is 1.99. The molecule has 0 unspecified atom stereocenters. The number of methoxy groups -OCH3 is 2. The second kappa shape index (κ2) is 7.13. The molecule has 0 radical (unpaired) electrons. The van der Waals surface area contributed by atoms with Crippen LogP contribution in [0, 0.1) is 0 Å². The lowest BCUT2D eigenvalue weighted by molar-refractivity contribution is 0.103. The Morgan fingerprint density at radius 3 is 2.41 bits per heavy atom. The second-order valence-corrected chi connectivity index (χ2v) is 5.48.